The third-order valence-electron chi connectivity index (χ3n) is 4.88. The summed E-state index contributed by atoms with van der Waals surface area (Å²) in [4.78, 5) is 12.0. The fraction of sp³-hybridized carbons (Fsp3) is 0.667. The smallest absolute Gasteiger partial charge is 0.159 e. The van der Waals surface area contributed by atoms with Crippen LogP contribution in [-0.2, 0) is 13.0 Å². The summed E-state index contributed by atoms with van der Waals surface area (Å²) in [6, 6.07) is 5.11. The fourth-order valence-electron chi connectivity index (χ4n) is 3.76. The van der Waals surface area contributed by atoms with Gasteiger partial charge >= 0.3 is 0 Å². The predicted molar refractivity (Wildman–Crippen MR) is 92.4 cm³/mol. The van der Waals surface area contributed by atoms with Gasteiger partial charge < -0.3 is 9.67 Å². The highest BCUT2D eigenvalue weighted by molar-refractivity contribution is 5.71. The van der Waals surface area contributed by atoms with Gasteiger partial charge in [0.15, 0.2) is 5.65 Å². The summed E-state index contributed by atoms with van der Waals surface area (Å²) in [5, 5.41) is 9.20. The number of nitrogens with zero attached hydrogens (tertiary/aromatic N) is 4. The molecule has 0 bridgehead atoms. The molecule has 23 heavy (non-hydrogen) atoms. The van der Waals surface area contributed by atoms with Crippen molar-refractivity contribution in [1.29, 1.82) is 0 Å². The maximum atomic E-state index is 9.20. The Morgan fingerprint density at radius 2 is 2.22 bits per heavy atom. The molecule has 3 rings (SSSR count). The molecular weight excluding hydrogens is 288 g/mol. The molecule has 0 radical (unpaired) electrons. The lowest BCUT2D eigenvalue weighted by Gasteiger charge is -2.38. The van der Waals surface area contributed by atoms with Crippen LogP contribution in [0, 0.1) is 0 Å². The minimum absolute atomic E-state index is 0.202. The van der Waals surface area contributed by atoms with Crippen molar-refractivity contribution >= 4 is 11.2 Å². The number of piperidine rings is 1. The van der Waals surface area contributed by atoms with Gasteiger partial charge in [-0.3, -0.25) is 4.90 Å². The molecule has 2 aromatic heterocycles. The zero-order valence-electron chi connectivity index (χ0n) is 14.3. The first-order chi connectivity index (χ1) is 11.2. The van der Waals surface area contributed by atoms with Gasteiger partial charge in [0.25, 0.3) is 0 Å². The number of rotatable bonds is 6. The molecule has 0 aliphatic carbocycles. The molecule has 5 heteroatoms. The van der Waals surface area contributed by atoms with Crippen LogP contribution in [-0.4, -0.2) is 49.8 Å². The zero-order valence-corrected chi connectivity index (χ0v) is 14.3. The third kappa shape index (κ3) is 3.56. The lowest BCUT2D eigenvalue weighted by atomic mass is 9.97. The molecule has 1 fully saturated rings. The minimum Gasteiger partial charge on any atom is -0.396 e. The lowest BCUT2D eigenvalue weighted by molar-refractivity contribution is 0.109. The summed E-state index contributed by atoms with van der Waals surface area (Å²) < 4.78 is 2.21. The number of aliphatic hydroxyl groups is 1. The number of aliphatic hydroxyl groups excluding tert-OH is 1. The average Bonchev–Trinajstić information content (AvgIpc) is 2.90. The van der Waals surface area contributed by atoms with E-state index in [0.29, 0.717) is 12.1 Å². The van der Waals surface area contributed by atoms with Crippen molar-refractivity contribution in [3.63, 3.8) is 0 Å². The summed E-state index contributed by atoms with van der Waals surface area (Å²) in [6.07, 6.45) is 7.40. The highest BCUT2D eigenvalue weighted by Crippen LogP contribution is 2.24. The van der Waals surface area contributed by atoms with Crippen molar-refractivity contribution in [2.45, 2.75) is 64.6 Å². The molecule has 1 aliphatic rings. The molecule has 2 aromatic rings. The lowest BCUT2D eigenvalue weighted by Crippen LogP contribution is -2.45. The van der Waals surface area contributed by atoms with Crippen LogP contribution in [0.1, 0.15) is 45.4 Å². The molecule has 1 saturated heterocycles. The van der Waals surface area contributed by atoms with E-state index in [0.717, 1.165) is 36.4 Å². The van der Waals surface area contributed by atoms with E-state index in [9.17, 15) is 5.11 Å². The second kappa shape index (κ2) is 7.41. The summed E-state index contributed by atoms with van der Waals surface area (Å²) >= 11 is 0. The van der Waals surface area contributed by atoms with Crippen LogP contribution in [0.3, 0.4) is 0 Å². The SMILES string of the molecule is CC(C)N1CCCCC1Cc1nc2cccnc2n1CCCO. The van der Waals surface area contributed by atoms with Gasteiger partial charge in [-0.1, -0.05) is 6.42 Å². The van der Waals surface area contributed by atoms with E-state index < -0.39 is 0 Å². The monoisotopic (exact) mass is 316 g/mol. The molecule has 126 valence electrons. The summed E-state index contributed by atoms with van der Waals surface area (Å²) in [7, 11) is 0. The molecule has 1 N–H and O–H groups in total. The van der Waals surface area contributed by atoms with Gasteiger partial charge in [-0.25, -0.2) is 9.97 Å². The molecule has 5 nitrogen and oxygen atoms in total. The number of fused-ring (bicyclic) bond motifs is 1. The molecule has 0 spiro atoms. The number of likely N-dealkylation sites (tertiary alicyclic amines) is 1. The molecular formula is C18H28N4O. The summed E-state index contributed by atoms with van der Waals surface area (Å²) in [6.45, 7) is 6.75. The first-order valence-electron chi connectivity index (χ1n) is 8.87. The largest absolute Gasteiger partial charge is 0.396 e. The second-order valence-corrected chi connectivity index (χ2v) is 6.79. The summed E-state index contributed by atoms with van der Waals surface area (Å²) in [5.74, 6) is 1.12. The van der Waals surface area contributed by atoms with E-state index in [-0.39, 0.29) is 6.61 Å². The molecule has 0 aromatic carbocycles. The topological polar surface area (TPSA) is 54.2 Å². The van der Waals surface area contributed by atoms with Gasteiger partial charge in [0.1, 0.15) is 11.3 Å². The van der Waals surface area contributed by atoms with Crippen LogP contribution in [0.15, 0.2) is 18.3 Å². The van der Waals surface area contributed by atoms with E-state index in [4.69, 9.17) is 4.98 Å². The standard InChI is InChI=1S/C18H28N4O/c1-14(2)21-10-4-3-7-15(21)13-17-20-16-8-5-9-19-18(16)22(17)11-6-12-23/h5,8-9,14-15,23H,3-4,6-7,10-13H2,1-2H3. The number of hydrogen-bond acceptors (Lipinski definition) is 4. The van der Waals surface area contributed by atoms with Gasteiger partial charge in [-0.05, 0) is 51.8 Å². The number of hydrogen-bond donors (Lipinski definition) is 1. The van der Waals surface area contributed by atoms with Crippen LogP contribution >= 0.6 is 0 Å². The van der Waals surface area contributed by atoms with Gasteiger partial charge in [-0.15, -0.1) is 0 Å². The molecule has 0 amide bonds. The predicted octanol–water partition coefficient (Wildman–Crippen LogP) is 2.62. The van der Waals surface area contributed by atoms with E-state index in [1.807, 2.05) is 18.3 Å². The van der Waals surface area contributed by atoms with E-state index in [1.165, 1.54) is 25.8 Å². The highest BCUT2D eigenvalue weighted by atomic mass is 16.3. The average molecular weight is 316 g/mol. The zero-order chi connectivity index (χ0) is 16.2. The fourth-order valence-corrected chi connectivity index (χ4v) is 3.76. The van der Waals surface area contributed by atoms with E-state index in [1.54, 1.807) is 0 Å². The molecule has 1 unspecified atom stereocenters. The van der Waals surface area contributed by atoms with Crippen LogP contribution in [0.25, 0.3) is 11.2 Å². The second-order valence-electron chi connectivity index (χ2n) is 6.79. The van der Waals surface area contributed by atoms with E-state index >= 15 is 0 Å². The normalized spacial score (nSPS) is 19.7. The quantitative estimate of drug-likeness (QED) is 0.890. The first kappa shape index (κ1) is 16.4. The summed E-state index contributed by atoms with van der Waals surface area (Å²) in [5.41, 5.74) is 1.91. The van der Waals surface area contributed by atoms with Crippen molar-refractivity contribution in [2.75, 3.05) is 13.2 Å². The maximum absolute atomic E-state index is 9.20. The van der Waals surface area contributed by atoms with Crippen molar-refractivity contribution in [3.05, 3.63) is 24.2 Å². The Labute approximate surface area is 138 Å². The first-order valence-corrected chi connectivity index (χ1v) is 8.87. The Kier molecular flexibility index (Phi) is 5.28. The Hall–Kier alpha value is -1.46. The van der Waals surface area contributed by atoms with Crippen molar-refractivity contribution < 1.29 is 5.11 Å². The van der Waals surface area contributed by atoms with Crippen LogP contribution in [0.4, 0.5) is 0 Å². The molecule has 1 aliphatic heterocycles. The molecule has 3 heterocycles. The Morgan fingerprint density at radius 3 is 3.00 bits per heavy atom. The highest BCUT2D eigenvalue weighted by Gasteiger charge is 2.26. The number of aryl methyl sites for hydroxylation is 1. The van der Waals surface area contributed by atoms with Gasteiger partial charge in [0.05, 0.1) is 0 Å². The van der Waals surface area contributed by atoms with Crippen LogP contribution in [0.5, 0.6) is 0 Å². The van der Waals surface area contributed by atoms with Crippen molar-refractivity contribution in [3.8, 4) is 0 Å². The Morgan fingerprint density at radius 1 is 1.35 bits per heavy atom. The van der Waals surface area contributed by atoms with Crippen LogP contribution < -0.4 is 0 Å². The van der Waals surface area contributed by atoms with Gasteiger partial charge in [-0.2, -0.15) is 0 Å². The molecule has 0 saturated carbocycles. The third-order valence-corrected chi connectivity index (χ3v) is 4.88. The number of imidazole rings is 1. The maximum Gasteiger partial charge on any atom is 0.159 e. The van der Waals surface area contributed by atoms with Crippen LogP contribution in [0.2, 0.25) is 0 Å². The number of aromatic nitrogens is 3. The number of pyridine rings is 1. The van der Waals surface area contributed by atoms with Gasteiger partial charge in [0, 0.05) is 37.9 Å². The van der Waals surface area contributed by atoms with E-state index in [2.05, 4.69) is 28.3 Å². The Bertz CT molecular complexity index is 637. The van der Waals surface area contributed by atoms with Crippen molar-refractivity contribution in [1.82, 2.24) is 19.4 Å². The van der Waals surface area contributed by atoms with Crippen molar-refractivity contribution in [2.24, 2.45) is 0 Å². The molecule has 1 atom stereocenters. The van der Waals surface area contributed by atoms with Gasteiger partial charge in [0.2, 0.25) is 0 Å². The Balaban J connectivity index is 1.88. The minimum atomic E-state index is 0.202.